The summed E-state index contributed by atoms with van der Waals surface area (Å²) in [4.78, 5) is 33.2. The molecule has 1 aromatic heterocycles. The number of aromatic nitrogens is 1. The first-order chi connectivity index (χ1) is 16.3. The second-order valence-corrected chi connectivity index (χ2v) is 8.23. The molecule has 0 aliphatic carbocycles. The monoisotopic (exact) mass is 471 g/mol. The number of ether oxygens (including phenoxy) is 1. The Morgan fingerprint density at radius 2 is 1.97 bits per heavy atom. The molecule has 5 N–H and O–H groups in total. The molecule has 3 heterocycles. The number of hydrogen-bond acceptors (Lipinski definition) is 7. The number of hydrogen-bond donors (Lipinski definition) is 3. The molecule has 0 radical (unpaired) electrons. The lowest BCUT2D eigenvalue weighted by atomic mass is 10.0. The van der Waals surface area contributed by atoms with Crippen LogP contribution in [0.5, 0.6) is 0 Å². The molecule has 2 saturated heterocycles. The van der Waals surface area contributed by atoms with Gasteiger partial charge >= 0.3 is 6.09 Å². The van der Waals surface area contributed by atoms with Crippen LogP contribution in [0.1, 0.15) is 6.92 Å². The Bertz CT molecular complexity index is 1100. The highest BCUT2D eigenvalue weighted by Gasteiger charge is 2.38. The Hall–Kier alpha value is -4.09. The molecule has 180 valence electrons. The van der Waals surface area contributed by atoms with Gasteiger partial charge in [0.25, 0.3) is 0 Å². The fourth-order valence-corrected chi connectivity index (χ4v) is 4.01. The minimum Gasteiger partial charge on any atom is -0.443 e. The number of piperazine rings is 1. The van der Waals surface area contributed by atoms with E-state index >= 15 is 0 Å². The molecule has 34 heavy (non-hydrogen) atoms. The lowest BCUT2D eigenvalue weighted by Crippen LogP contribution is -2.51. The number of primary amides is 1. The van der Waals surface area contributed by atoms with Crippen LogP contribution >= 0.6 is 0 Å². The number of carbonyl (C=O) groups excluding carboxylic acids is 2. The standard InChI is InChI=1S/C22H26FN7O4/c1-13(20(24)31)18-12-30(22(32)34-18)15-3-4-16(17(23)10-15)14-2-5-19(26-11-14)28-6-8-29(9-7-28)21(25)27-33/h2-5,10-11,13,18,33H,6-9,12H2,1H3,(H2,24,31)(H2,25,27)/t13-,18?/m0/s1. The zero-order valence-corrected chi connectivity index (χ0v) is 18.6. The topological polar surface area (TPSA) is 151 Å². The third-order valence-electron chi connectivity index (χ3n) is 6.19. The minimum atomic E-state index is -0.682. The summed E-state index contributed by atoms with van der Waals surface area (Å²) >= 11 is 0. The van der Waals surface area contributed by atoms with E-state index in [4.69, 9.17) is 21.4 Å². The van der Waals surface area contributed by atoms with Crippen molar-refractivity contribution in [2.24, 2.45) is 22.5 Å². The first kappa shape index (κ1) is 23.1. The van der Waals surface area contributed by atoms with Crippen molar-refractivity contribution in [2.75, 3.05) is 42.5 Å². The summed E-state index contributed by atoms with van der Waals surface area (Å²) in [6.07, 6.45) is 0.264. The summed E-state index contributed by atoms with van der Waals surface area (Å²) in [6.45, 7) is 4.17. The molecule has 12 heteroatoms. The Morgan fingerprint density at radius 3 is 2.56 bits per heavy atom. The molecule has 2 amide bonds. The predicted octanol–water partition coefficient (Wildman–Crippen LogP) is 1.16. The molecule has 1 aromatic carbocycles. The fraction of sp³-hybridized carbons (Fsp3) is 0.364. The maximum Gasteiger partial charge on any atom is 0.414 e. The minimum absolute atomic E-state index is 0.0852. The normalized spacial score (nSPS) is 19.8. The summed E-state index contributed by atoms with van der Waals surface area (Å²) in [5.74, 6) is -0.900. The van der Waals surface area contributed by atoms with E-state index in [1.165, 1.54) is 11.0 Å². The number of cyclic esters (lactones) is 1. The Kier molecular flexibility index (Phi) is 6.39. The van der Waals surface area contributed by atoms with Gasteiger partial charge < -0.3 is 31.2 Å². The highest BCUT2D eigenvalue weighted by molar-refractivity contribution is 5.91. The van der Waals surface area contributed by atoms with Crippen LogP contribution in [0, 0.1) is 11.7 Å². The van der Waals surface area contributed by atoms with Crippen molar-refractivity contribution in [1.29, 1.82) is 0 Å². The van der Waals surface area contributed by atoms with Gasteiger partial charge in [0.05, 0.1) is 18.2 Å². The van der Waals surface area contributed by atoms with Gasteiger partial charge in [0, 0.05) is 43.5 Å². The summed E-state index contributed by atoms with van der Waals surface area (Å²) < 4.78 is 20.2. The first-order valence-electron chi connectivity index (χ1n) is 10.8. The smallest absolute Gasteiger partial charge is 0.414 e. The predicted molar refractivity (Wildman–Crippen MR) is 123 cm³/mol. The van der Waals surface area contributed by atoms with Gasteiger partial charge in [0.1, 0.15) is 17.7 Å². The summed E-state index contributed by atoms with van der Waals surface area (Å²) in [5, 5.41) is 11.8. The fourth-order valence-electron chi connectivity index (χ4n) is 4.01. The molecule has 1 unspecified atom stereocenters. The molecular formula is C22H26FN7O4. The number of nitrogens with zero attached hydrogens (tertiary/aromatic N) is 5. The summed E-state index contributed by atoms with van der Waals surface area (Å²) in [5.41, 5.74) is 12.2. The van der Waals surface area contributed by atoms with Gasteiger partial charge in [0.15, 0.2) is 0 Å². The van der Waals surface area contributed by atoms with Crippen LogP contribution in [-0.2, 0) is 9.53 Å². The van der Waals surface area contributed by atoms with Crippen LogP contribution in [-0.4, -0.2) is 71.9 Å². The number of pyridine rings is 1. The average molecular weight is 471 g/mol. The van der Waals surface area contributed by atoms with E-state index in [0.717, 1.165) is 5.82 Å². The molecule has 2 aliphatic rings. The second-order valence-electron chi connectivity index (χ2n) is 8.23. The molecule has 0 saturated carbocycles. The van der Waals surface area contributed by atoms with Crippen molar-refractivity contribution in [3.63, 3.8) is 0 Å². The highest BCUT2D eigenvalue weighted by atomic mass is 19.1. The molecule has 2 fully saturated rings. The second kappa shape index (κ2) is 9.41. The highest BCUT2D eigenvalue weighted by Crippen LogP contribution is 2.30. The Morgan fingerprint density at radius 1 is 1.24 bits per heavy atom. The maximum atomic E-state index is 15.0. The summed E-state index contributed by atoms with van der Waals surface area (Å²) in [6, 6.07) is 8.06. The van der Waals surface area contributed by atoms with Crippen molar-refractivity contribution < 1.29 is 23.9 Å². The number of nitrogens with two attached hydrogens (primary N) is 2. The lowest BCUT2D eigenvalue weighted by molar-refractivity contribution is -0.123. The van der Waals surface area contributed by atoms with Crippen molar-refractivity contribution in [3.05, 3.63) is 42.3 Å². The molecule has 0 spiro atoms. The molecule has 2 aliphatic heterocycles. The number of guanidine groups is 1. The number of rotatable bonds is 5. The number of halogens is 1. The van der Waals surface area contributed by atoms with Crippen molar-refractivity contribution in [1.82, 2.24) is 9.88 Å². The molecule has 4 rings (SSSR count). The molecule has 11 nitrogen and oxygen atoms in total. The van der Waals surface area contributed by atoms with Gasteiger partial charge in [-0.15, -0.1) is 0 Å². The third-order valence-corrected chi connectivity index (χ3v) is 6.19. The molecular weight excluding hydrogens is 445 g/mol. The number of carbonyl (C=O) groups is 2. The van der Waals surface area contributed by atoms with Crippen LogP contribution in [0.4, 0.5) is 20.7 Å². The van der Waals surface area contributed by atoms with Gasteiger partial charge in [-0.05, 0) is 37.3 Å². The average Bonchev–Trinajstić information content (AvgIpc) is 3.24. The first-order valence-corrected chi connectivity index (χ1v) is 10.8. The van der Waals surface area contributed by atoms with Gasteiger partial charge in [0.2, 0.25) is 11.9 Å². The van der Waals surface area contributed by atoms with Gasteiger partial charge in [-0.3, -0.25) is 9.69 Å². The van der Waals surface area contributed by atoms with Crippen LogP contribution in [0.15, 0.2) is 41.7 Å². The van der Waals surface area contributed by atoms with E-state index in [2.05, 4.69) is 15.0 Å². The Labute approximate surface area is 195 Å². The van der Waals surface area contributed by atoms with Crippen molar-refractivity contribution in [3.8, 4) is 11.1 Å². The molecule has 0 bridgehead atoms. The van der Waals surface area contributed by atoms with E-state index in [1.54, 1.807) is 36.2 Å². The quantitative estimate of drug-likeness (QED) is 0.254. The van der Waals surface area contributed by atoms with Gasteiger partial charge in [-0.2, -0.15) is 0 Å². The van der Waals surface area contributed by atoms with E-state index in [1.807, 2.05) is 6.07 Å². The third kappa shape index (κ3) is 4.51. The van der Waals surface area contributed by atoms with Crippen LogP contribution < -0.4 is 21.3 Å². The largest absolute Gasteiger partial charge is 0.443 e. The van der Waals surface area contributed by atoms with Gasteiger partial charge in [-0.1, -0.05) is 5.16 Å². The summed E-state index contributed by atoms with van der Waals surface area (Å²) in [7, 11) is 0. The zero-order chi connectivity index (χ0) is 24.4. The van der Waals surface area contributed by atoms with E-state index < -0.39 is 29.8 Å². The number of anilines is 2. The SMILES string of the molecule is C[C@H](C(N)=O)C1CN(c2ccc(-c3ccc(N4CCN(C(N)=NO)CC4)nc3)c(F)c2)C(=O)O1. The zero-order valence-electron chi connectivity index (χ0n) is 18.6. The lowest BCUT2D eigenvalue weighted by Gasteiger charge is -2.35. The Balaban J connectivity index is 1.44. The van der Waals surface area contributed by atoms with Crippen LogP contribution in [0.2, 0.25) is 0 Å². The molecule has 2 aromatic rings. The van der Waals surface area contributed by atoms with E-state index in [-0.39, 0.29) is 12.5 Å². The number of amides is 2. The number of oxime groups is 1. The van der Waals surface area contributed by atoms with Crippen molar-refractivity contribution >= 4 is 29.5 Å². The number of benzene rings is 1. The van der Waals surface area contributed by atoms with Crippen LogP contribution in [0.25, 0.3) is 11.1 Å². The van der Waals surface area contributed by atoms with E-state index in [0.29, 0.717) is 43.0 Å². The maximum absolute atomic E-state index is 15.0. The van der Waals surface area contributed by atoms with Crippen molar-refractivity contribution in [2.45, 2.75) is 13.0 Å². The van der Waals surface area contributed by atoms with Gasteiger partial charge in [-0.25, -0.2) is 14.2 Å². The van der Waals surface area contributed by atoms with E-state index in [9.17, 15) is 14.0 Å². The molecule has 2 atom stereocenters. The van der Waals surface area contributed by atoms with Crippen LogP contribution in [0.3, 0.4) is 0 Å².